The molecule has 6 nitrogen and oxygen atoms in total. The van der Waals surface area contributed by atoms with Gasteiger partial charge < -0.3 is 9.30 Å². The Morgan fingerprint density at radius 3 is 2.59 bits per heavy atom. The zero-order valence-electron chi connectivity index (χ0n) is 17.6. The highest BCUT2D eigenvalue weighted by Crippen LogP contribution is 2.35. The number of halogens is 1. The van der Waals surface area contributed by atoms with E-state index < -0.39 is 23.7 Å². The second-order valence-electron chi connectivity index (χ2n) is 7.27. The first kappa shape index (κ1) is 21.8. The summed E-state index contributed by atoms with van der Waals surface area (Å²) >= 11 is 0.791. The SMILES string of the molecule is CCOC(=O)CN1C(=O)S/C(=C\c2c(C)n(Cc3ccccc3F)c3ccccc23)C1=O. The van der Waals surface area contributed by atoms with Crippen molar-refractivity contribution >= 4 is 45.9 Å². The maximum atomic E-state index is 14.3. The van der Waals surface area contributed by atoms with Crippen molar-refractivity contribution in [3.05, 3.63) is 76.1 Å². The number of fused-ring (bicyclic) bond motifs is 1. The van der Waals surface area contributed by atoms with Crippen molar-refractivity contribution in [1.29, 1.82) is 0 Å². The molecule has 2 aromatic carbocycles. The third kappa shape index (κ3) is 4.05. The average molecular weight is 453 g/mol. The normalized spacial score (nSPS) is 15.2. The van der Waals surface area contributed by atoms with Gasteiger partial charge in [0.15, 0.2) is 0 Å². The van der Waals surface area contributed by atoms with Crippen molar-refractivity contribution in [1.82, 2.24) is 9.47 Å². The smallest absolute Gasteiger partial charge is 0.326 e. The Bertz CT molecular complexity index is 1260. The number of benzene rings is 2. The van der Waals surface area contributed by atoms with Gasteiger partial charge in [-0.05, 0) is 43.8 Å². The summed E-state index contributed by atoms with van der Waals surface area (Å²) in [6, 6.07) is 14.3. The Kier molecular flexibility index (Phi) is 6.14. The summed E-state index contributed by atoms with van der Waals surface area (Å²) in [5, 5.41) is 0.376. The number of aromatic nitrogens is 1. The highest BCUT2D eigenvalue weighted by molar-refractivity contribution is 8.18. The number of amides is 2. The van der Waals surface area contributed by atoms with Crippen LogP contribution in [0.25, 0.3) is 17.0 Å². The fourth-order valence-corrected chi connectivity index (χ4v) is 4.56. The van der Waals surface area contributed by atoms with Crippen LogP contribution in [0.15, 0.2) is 53.4 Å². The summed E-state index contributed by atoms with van der Waals surface area (Å²) in [5.74, 6) is -1.45. The molecule has 3 aromatic rings. The zero-order valence-corrected chi connectivity index (χ0v) is 18.4. The van der Waals surface area contributed by atoms with Crippen molar-refractivity contribution in [3.8, 4) is 0 Å². The van der Waals surface area contributed by atoms with Crippen LogP contribution < -0.4 is 0 Å². The Balaban J connectivity index is 1.73. The number of hydrogen-bond donors (Lipinski definition) is 0. The number of thioether (sulfide) groups is 1. The van der Waals surface area contributed by atoms with Crippen LogP contribution >= 0.6 is 11.8 Å². The van der Waals surface area contributed by atoms with Gasteiger partial charge in [-0.15, -0.1) is 0 Å². The van der Waals surface area contributed by atoms with E-state index in [9.17, 15) is 18.8 Å². The standard InChI is InChI=1S/C24H21FN2O4S/c1-3-31-22(28)14-27-23(29)21(32-24(27)30)12-18-15(2)26(20-11-7-5-9-17(18)20)13-16-8-4-6-10-19(16)25/h4-12H,3,13-14H2,1-2H3/b21-12-. The quantitative estimate of drug-likeness (QED) is 0.399. The summed E-state index contributed by atoms with van der Waals surface area (Å²) in [6.07, 6.45) is 1.67. The van der Waals surface area contributed by atoms with Crippen molar-refractivity contribution in [2.45, 2.75) is 20.4 Å². The summed E-state index contributed by atoms with van der Waals surface area (Å²) < 4.78 is 21.1. The van der Waals surface area contributed by atoms with Crippen LogP contribution in [-0.4, -0.2) is 39.7 Å². The number of hydrogen-bond acceptors (Lipinski definition) is 5. The summed E-state index contributed by atoms with van der Waals surface area (Å²) in [5.41, 5.74) is 3.06. The average Bonchev–Trinajstić information content (AvgIpc) is 3.19. The summed E-state index contributed by atoms with van der Waals surface area (Å²) in [7, 11) is 0. The Hall–Kier alpha value is -3.39. The van der Waals surface area contributed by atoms with Crippen molar-refractivity contribution in [2.24, 2.45) is 0 Å². The Morgan fingerprint density at radius 1 is 1.12 bits per heavy atom. The van der Waals surface area contributed by atoms with Crippen LogP contribution in [0.2, 0.25) is 0 Å². The van der Waals surface area contributed by atoms with Gasteiger partial charge in [0, 0.05) is 27.7 Å². The van der Waals surface area contributed by atoms with E-state index in [1.807, 2.05) is 35.8 Å². The van der Waals surface area contributed by atoms with E-state index in [-0.39, 0.29) is 17.3 Å². The molecule has 0 aliphatic carbocycles. The van der Waals surface area contributed by atoms with Crippen LogP contribution in [0.5, 0.6) is 0 Å². The number of esters is 1. The lowest BCUT2D eigenvalue weighted by Crippen LogP contribution is -2.34. The minimum Gasteiger partial charge on any atom is -0.465 e. The minimum atomic E-state index is -0.631. The predicted molar refractivity (Wildman–Crippen MR) is 121 cm³/mol. The molecule has 8 heteroatoms. The van der Waals surface area contributed by atoms with Gasteiger partial charge >= 0.3 is 5.97 Å². The molecule has 1 aliphatic rings. The number of rotatable bonds is 6. The minimum absolute atomic E-state index is 0.172. The van der Waals surface area contributed by atoms with Gasteiger partial charge in [-0.25, -0.2) is 4.39 Å². The second-order valence-corrected chi connectivity index (χ2v) is 8.26. The van der Waals surface area contributed by atoms with Gasteiger partial charge in [0.25, 0.3) is 11.1 Å². The third-order valence-corrected chi connectivity index (χ3v) is 6.21. The number of nitrogens with zero attached hydrogens (tertiary/aromatic N) is 2. The van der Waals surface area contributed by atoms with E-state index in [1.54, 1.807) is 31.2 Å². The molecule has 0 radical (unpaired) electrons. The highest BCUT2D eigenvalue weighted by Gasteiger charge is 2.37. The molecule has 1 aliphatic heterocycles. The van der Waals surface area contributed by atoms with E-state index in [0.717, 1.165) is 38.8 Å². The lowest BCUT2D eigenvalue weighted by atomic mass is 10.1. The van der Waals surface area contributed by atoms with E-state index in [0.29, 0.717) is 12.1 Å². The van der Waals surface area contributed by atoms with E-state index >= 15 is 0 Å². The summed E-state index contributed by atoms with van der Waals surface area (Å²) in [6.45, 7) is 3.65. The molecule has 2 amide bonds. The maximum Gasteiger partial charge on any atom is 0.326 e. The van der Waals surface area contributed by atoms with Crippen LogP contribution in [-0.2, 0) is 20.9 Å². The molecule has 2 heterocycles. The van der Waals surface area contributed by atoms with Gasteiger partial charge in [-0.2, -0.15) is 0 Å². The fraction of sp³-hybridized carbons (Fsp3) is 0.208. The topological polar surface area (TPSA) is 68.6 Å². The highest BCUT2D eigenvalue weighted by atomic mass is 32.2. The molecule has 4 rings (SSSR count). The Labute approximate surface area is 188 Å². The zero-order chi connectivity index (χ0) is 22.8. The van der Waals surface area contributed by atoms with Gasteiger partial charge in [0.1, 0.15) is 12.4 Å². The lowest BCUT2D eigenvalue weighted by Gasteiger charge is -2.10. The molecule has 164 valence electrons. The molecule has 1 fully saturated rings. The summed E-state index contributed by atoms with van der Waals surface area (Å²) in [4.78, 5) is 38.0. The van der Waals surface area contributed by atoms with E-state index in [2.05, 4.69) is 0 Å². The fourth-order valence-electron chi connectivity index (χ4n) is 3.74. The van der Waals surface area contributed by atoms with E-state index in [4.69, 9.17) is 4.74 Å². The monoisotopic (exact) mass is 452 g/mol. The van der Waals surface area contributed by atoms with Gasteiger partial charge in [0.2, 0.25) is 0 Å². The number of imide groups is 1. The van der Waals surface area contributed by atoms with Crippen LogP contribution in [0.3, 0.4) is 0 Å². The van der Waals surface area contributed by atoms with E-state index in [1.165, 1.54) is 6.07 Å². The van der Waals surface area contributed by atoms with Gasteiger partial charge in [0.05, 0.1) is 18.1 Å². The molecule has 0 spiro atoms. The number of ether oxygens (including phenoxy) is 1. The van der Waals surface area contributed by atoms with Crippen molar-refractivity contribution < 1.29 is 23.5 Å². The molecular formula is C24H21FN2O4S. The van der Waals surface area contributed by atoms with Gasteiger partial charge in [-0.1, -0.05) is 36.4 Å². The van der Waals surface area contributed by atoms with Crippen molar-refractivity contribution in [2.75, 3.05) is 13.2 Å². The largest absolute Gasteiger partial charge is 0.465 e. The van der Waals surface area contributed by atoms with Crippen LogP contribution in [0.4, 0.5) is 9.18 Å². The van der Waals surface area contributed by atoms with Crippen LogP contribution in [0.1, 0.15) is 23.7 Å². The third-order valence-electron chi connectivity index (χ3n) is 5.31. The first-order valence-electron chi connectivity index (χ1n) is 10.1. The van der Waals surface area contributed by atoms with Crippen molar-refractivity contribution in [3.63, 3.8) is 0 Å². The predicted octanol–water partition coefficient (Wildman–Crippen LogP) is 4.74. The first-order valence-corrected chi connectivity index (χ1v) is 10.9. The molecule has 0 bridgehead atoms. The Morgan fingerprint density at radius 2 is 1.84 bits per heavy atom. The lowest BCUT2D eigenvalue weighted by molar-refractivity contribution is -0.145. The molecule has 0 unspecified atom stereocenters. The van der Waals surface area contributed by atoms with Gasteiger partial charge in [-0.3, -0.25) is 19.3 Å². The van der Waals surface area contributed by atoms with Crippen LogP contribution in [0, 0.1) is 12.7 Å². The molecule has 0 saturated carbocycles. The molecule has 0 atom stereocenters. The second kappa shape index (κ2) is 9.00. The molecule has 0 N–H and O–H groups in total. The number of carbonyl (C=O) groups excluding carboxylic acids is 3. The number of para-hydroxylation sites is 1. The molecular weight excluding hydrogens is 431 g/mol. The number of carbonyl (C=O) groups is 3. The molecule has 32 heavy (non-hydrogen) atoms. The molecule has 1 saturated heterocycles. The maximum absolute atomic E-state index is 14.3. The first-order chi connectivity index (χ1) is 15.4. The molecule has 1 aromatic heterocycles.